The molecule has 188 valence electrons. The fourth-order valence-corrected chi connectivity index (χ4v) is 4.88. The Balaban J connectivity index is 1.39. The Morgan fingerprint density at radius 1 is 1.11 bits per heavy atom. The molecule has 0 bridgehead atoms. The second kappa shape index (κ2) is 11.0. The number of ether oxygens (including phenoxy) is 1. The van der Waals surface area contributed by atoms with Crippen molar-refractivity contribution < 1.29 is 13.9 Å². The molecule has 7 nitrogen and oxygen atoms in total. The molecule has 2 atom stereocenters. The molecule has 2 aromatic heterocycles. The first-order chi connectivity index (χ1) is 18.0. The van der Waals surface area contributed by atoms with E-state index >= 15 is 0 Å². The summed E-state index contributed by atoms with van der Waals surface area (Å²) in [6, 6.07) is 23.9. The van der Waals surface area contributed by atoms with Gasteiger partial charge in [0.1, 0.15) is 23.3 Å². The predicted molar refractivity (Wildman–Crippen MR) is 148 cm³/mol. The quantitative estimate of drug-likeness (QED) is 0.269. The highest BCUT2D eigenvalue weighted by molar-refractivity contribution is 7.80. The van der Waals surface area contributed by atoms with Crippen LogP contribution in [0, 0.1) is 0 Å². The van der Waals surface area contributed by atoms with Crippen LogP contribution in [-0.2, 0) is 4.79 Å². The van der Waals surface area contributed by atoms with Crippen LogP contribution in [0.4, 0.5) is 5.69 Å². The van der Waals surface area contributed by atoms with Crippen LogP contribution in [0.15, 0.2) is 89.5 Å². The highest BCUT2D eigenvalue weighted by Gasteiger charge is 2.41. The first-order valence-electron chi connectivity index (χ1n) is 11.8. The van der Waals surface area contributed by atoms with Gasteiger partial charge in [0, 0.05) is 29.7 Å². The number of rotatable bonds is 8. The molecule has 3 heterocycles. The van der Waals surface area contributed by atoms with Gasteiger partial charge in [0.15, 0.2) is 5.11 Å². The van der Waals surface area contributed by atoms with E-state index in [1.54, 1.807) is 25.4 Å². The SMILES string of the molecule is COc1ccccc1NC(=O)CCN1C(=S)N[C@@H](c2ccccn2)[C@@H]1c1ccc(-c2ccc(Cl)cc2)o1. The number of thiocarbonyl (C=S) groups is 1. The molecule has 4 aromatic rings. The average molecular weight is 533 g/mol. The fourth-order valence-electron chi connectivity index (χ4n) is 4.42. The number of aromatic nitrogens is 1. The molecule has 37 heavy (non-hydrogen) atoms. The van der Waals surface area contributed by atoms with Gasteiger partial charge in [0.05, 0.1) is 24.5 Å². The van der Waals surface area contributed by atoms with E-state index in [2.05, 4.69) is 15.6 Å². The van der Waals surface area contributed by atoms with E-state index in [0.717, 1.165) is 22.8 Å². The van der Waals surface area contributed by atoms with Crippen LogP contribution < -0.4 is 15.4 Å². The Bertz CT molecular complexity index is 1390. The van der Waals surface area contributed by atoms with Gasteiger partial charge in [0.2, 0.25) is 5.91 Å². The molecule has 1 fully saturated rings. The number of halogens is 1. The second-order valence-corrected chi connectivity index (χ2v) is 9.35. The molecular weight excluding hydrogens is 508 g/mol. The van der Waals surface area contributed by atoms with Gasteiger partial charge in [-0.05, 0) is 72.9 Å². The van der Waals surface area contributed by atoms with Gasteiger partial charge in [-0.15, -0.1) is 0 Å². The lowest BCUT2D eigenvalue weighted by Gasteiger charge is -2.26. The van der Waals surface area contributed by atoms with E-state index in [1.165, 1.54) is 0 Å². The Kier molecular flexibility index (Phi) is 7.39. The van der Waals surface area contributed by atoms with Crippen molar-refractivity contribution in [2.45, 2.75) is 18.5 Å². The summed E-state index contributed by atoms with van der Waals surface area (Å²) in [6.07, 6.45) is 1.97. The number of furan rings is 1. The molecular formula is C28H25ClN4O3S. The van der Waals surface area contributed by atoms with Crippen LogP contribution >= 0.6 is 23.8 Å². The van der Waals surface area contributed by atoms with Crippen molar-refractivity contribution in [2.24, 2.45) is 0 Å². The lowest BCUT2D eigenvalue weighted by Crippen LogP contribution is -2.32. The Morgan fingerprint density at radius 2 is 1.89 bits per heavy atom. The van der Waals surface area contributed by atoms with Gasteiger partial charge in [-0.25, -0.2) is 0 Å². The van der Waals surface area contributed by atoms with Crippen molar-refractivity contribution in [2.75, 3.05) is 19.0 Å². The fraction of sp³-hybridized carbons (Fsp3) is 0.179. The third-order valence-corrected chi connectivity index (χ3v) is 6.81. The van der Waals surface area contributed by atoms with Gasteiger partial charge in [0.25, 0.3) is 0 Å². The first kappa shape index (κ1) is 24.8. The van der Waals surface area contributed by atoms with Crippen LogP contribution in [0.25, 0.3) is 11.3 Å². The summed E-state index contributed by atoms with van der Waals surface area (Å²) in [5.74, 6) is 1.90. The van der Waals surface area contributed by atoms with E-state index < -0.39 is 0 Å². The number of nitrogens with zero attached hydrogens (tertiary/aromatic N) is 2. The number of carbonyl (C=O) groups is 1. The molecule has 1 saturated heterocycles. The monoisotopic (exact) mass is 532 g/mol. The standard InChI is InChI=1S/C28H25ClN4O3S/c1-35-23-8-3-2-6-20(23)31-25(34)15-17-33-27(26(32-28(33)37)21-7-4-5-16-30-21)24-14-13-22(36-24)18-9-11-19(29)12-10-18/h2-14,16,26-27H,15,17H2,1H3,(H,31,34)(H,32,37)/t26-,27-/m0/s1. The maximum atomic E-state index is 12.9. The van der Waals surface area contributed by atoms with Gasteiger partial charge >= 0.3 is 0 Å². The molecule has 1 aliphatic rings. The number of nitrogens with one attached hydrogen (secondary N) is 2. The molecule has 9 heteroatoms. The van der Waals surface area contributed by atoms with Crippen molar-refractivity contribution in [3.05, 3.63) is 102 Å². The number of anilines is 1. The summed E-state index contributed by atoms with van der Waals surface area (Å²) in [5, 5.41) is 7.51. The van der Waals surface area contributed by atoms with E-state index in [4.69, 9.17) is 33.0 Å². The van der Waals surface area contributed by atoms with Gasteiger partial charge < -0.3 is 24.7 Å². The molecule has 0 unspecified atom stereocenters. The van der Waals surface area contributed by atoms with Gasteiger partial charge in [-0.1, -0.05) is 29.8 Å². The van der Waals surface area contributed by atoms with Crippen LogP contribution in [0.5, 0.6) is 5.75 Å². The molecule has 1 amide bonds. The van der Waals surface area contributed by atoms with E-state index in [0.29, 0.717) is 28.1 Å². The smallest absolute Gasteiger partial charge is 0.226 e. The number of hydrogen-bond acceptors (Lipinski definition) is 5. The zero-order valence-electron chi connectivity index (χ0n) is 20.1. The minimum Gasteiger partial charge on any atom is -0.495 e. The Labute approximate surface area is 225 Å². The number of para-hydroxylation sites is 2. The van der Waals surface area contributed by atoms with Gasteiger partial charge in [-0.2, -0.15) is 0 Å². The van der Waals surface area contributed by atoms with E-state index in [9.17, 15) is 4.79 Å². The topological polar surface area (TPSA) is 79.6 Å². The van der Waals surface area contributed by atoms with E-state index in [-0.39, 0.29) is 24.4 Å². The number of pyridine rings is 1. The molecule has 5 rings (SSSR count). The van der Waals surface area contributed by atoms with Crippen LogP contribution in [-0.4, -0.2) is 34.6 Å². The first-order valence-corrected chi connectivity index (χ1v) is 12.6. The van der Waals surface area contributed by atoms with Crippen molar-refractivity contribution in [1.82, 2.24) is 15.2 Å². The number of benzene rings is 2. The third-order valence-electron chi connectivity index (χ3n) is 6.21. The third kappa shape index (κ3) is 5.45. The lowest BCUT2D eigenvalue weighted by molar-refractivity contribution is -0.116. The largest absolute Gasteiger partial charge is 0.495 e. The van der Waals surface area contributed by atoms with Gasteiger partial charge in [-0.3, -0.25) is 9.78 Å². The zero-order valence-corrected chi connectivity index (χ0v) is 21.6. The van der Waals surface area contributed by atoms with Crippen LogP contribution in [0.3, 0.4) is 0 Å². The highest BCUT2D eigenvalue weighted by atomic mass is 35.5. The Hall–Kier alpha value is -3.88. The summed E-state index contributed by atoms with van der Waals surface area (Å²) < 4.78 is 11.7. The predicted octanol–water partition coefficient (Wildman–Crippen LogP) is 6.00. The lowest BCUT2D eigenvalue weighted by atomic mass is 10.0. The minimum absolute atomic E-state index is 0.145. The van der Waals surface area contributed by atoms with Crippen molar-refractivity contribution in [3.8, 4) is 17.1 Å². The minimum atomic E-state index is -0.289. The summed E-state index contributed by atoms with van der Waals surface area (Å²) >= 11 is 11.8. The maximum Gasteiger partial charge on any atom is 0.226 e. The van der Waals surface area contributed by atoms with Crippen molar-refractivity contribution >= 4 is 40.5 Å². The molecule has 1 aliphatic heterocycles. The highest BCUT2D eigenvalue weighted by Crippen LogP contribution is 2.40. The summed E-state index contributed by atoms with van der Waals surface area (Å²) in [7, 11) is 1.57. The molecule has 0 spiro atoms. The van der Waals surface area contributed by atoms with E-state index in [1.807, 2.05) is 71.6 Å². The summed E-state index contributed by atoms with van der Waals surface area (Å²) in [4.78, 5) is 19.4. The molecule has 2 aromatic carbocycles. The number of amides is 1. The number of hydrogen-bond donors (Lipinski definition) is 2. The number of methoxy groups -OCH3 is 1. The summed E-state index contributed by atoms with van der Waals surface area (Å²) in [5.41, 5.74) is 2.38. The van der Waals surface area contributed by atoms with Crippen LogP contribution in [0.2, 0.25) is 5.02 Å². The normalized spacial score (nSPS) is 16.9. The van der Waals surface area contributed by atoms with Crippen molar-refractivity contribution in [3.63, 3.8) is 0 Å². The molecule has 0 saturated carbocycles. The number of carbonyl (C=O) groups excluding carboxylic acids is 1. The summed E-state index contributed by atoms with van der Waals surface area (Å²) in [6.45, 7) is 0.387. The van der Waals surface area contributed by atoms with Crippen LogP contribution in [0.1, 0.15) is 30.0 Å². The molecule has 0 radical (unpaired) electrons. The Morgan fingerprint density at radius 3 is 2.65 bits per heavy atom. The average Bonchev–Trinajstić information content (AvgIpc) is 3.53. The van der Waals surface area contributed by atoms with Crippen molar-refractivity contribution in [1.29, 1.82) is 0 Å². The maximum absolute atomic E-state index is 12.9. The zero-order chi connectivity index (χ0) is 25.8. The molecule has 2 N–H and O–H groups in total. The second-order valence-electron chi connectivity index (χ2n) is 8.53. The molecule has 0 aliphatic carbocycles.